The highest BCUT2D eigenvalue weighted by Gasteiger charge is 2.11. The fourth-order valence-corrected chi connectivity index (χ4v) is 2.16. The second kappa shape index (κ2) is 7.31. The van der Waals surface area contributed by atoms with E-state index in [0.717, 1.165) is 6.07 Å². The number of hydrogen-bond acceptors (Lipinski definition) is 2. The highest BCUT2D eigenvalue weighted by molar-refractivity contribution is 9.10. The zero-order valence-electron chi connectivity index (χ0n) is 11.2. The van der Waals surface area contributed by atoms with Crippen molar-refractivity contribution in [2.45, 2.75) is 13.2 Å². The second-order valence-corrected chi connectivity index (χ2v) is 5.18. The average molecular weight is 374 g/mol. The van der Waals surface area contributed by atoms with E-state index in [9.17, 15) is 18.0 Å². The minimum Gasteiger partial charge on any atom is -0.435 e. The van der Waals surface area contributed by atoms with Crippen LogP contribution in [0.5, 0.6) is 5.75 Å². The van der Waals surface area contributed by atoms with E-state index in [0.29, 0.717) is 10.0 Å². The van der Waals surface area contributed by atoms with E-state index < -0.39 is 18.3 Å². The topological polar surface area (TPSA) is 38.3 Å². The summed E-state index contributed by atoms with van der Waals surface area (Å²) >= 11 is 3.17. The van der Waals surface area contributed by atoms with Crippen molar-refractivity contribution in [3.8, 4) is 5.75 Å². The quantitative estimate of drug-likeness (QED) is 0.855. The Balaban J connectivity index is 1.97. The van der Waals surface area contributed by atoms with Crippen LogP contribution < -0.4 is 10.1 Å². The Labute approximate surface area is 133 Å². The first kappa shape index (κ1) is 16.4. The van der Waals surface area contributed by atoms with Gasteiger partial charge in [0.25, 0.3) is 5.91 Å². The van der Waals surface area contributed by atoms with Gasteiger partial charge < -0.3 is 10.1 Å². The number of carbonyl (C=O) groups is 1. The molecule has 0 aromatic heterocycles. The van der Waals surface area contributed by atoms with Crippen LogP contribution in [0.1, 0.15) is 15.9 Å². The van der Waals surface area contributed by atoms with Crippen LogP contribution >= 0.6 is 15.9 Å². The summed E-state index contributed by atoms with van der Waals surface area (Å²) in [7, 11) is 0. The van der Waals surface area contributed by atoms with Crippen LogP contribution in [0.15, 0.2) is 46.9 Å². The highest BCUT2D eigenvalue weighted by atomic mass is 79.9. The molecule has 2 aromatic rings. The molecule has 1 amide bonds. The standard InChI is InChI=1S/C15H11BrF3NO2/c16-13-6-3-10(17)7-12(13)14(21)20-8-9-1-4-11(5-2-9)22-15(18)19/h1-7,15H,8H2,(H,20,21). The summed E-state index contributed by atoms with van der Waals surface area (Å²) in [5.74, 6) is -0.918. The first-order chi connectivity index (χ1) is 10.5. The van der Waals surface area contributed by atoms with E-state index in [1.54, 1.807) is 12.1 Å². The Hall–Kier alpha value is -2.02. The minimum atomic E-state index is -2.88. The van der Waals surface area contributed by atoms with Crippen molar-refractivity contribution in [3.63, 3.8) is 0 Å². The molecule has 2 aromatic carbocycles. The maximum Gasteiger partial charge on any atom is 0.387 e. The molecule has 0 aliphatic carbocycles. The van der Waals surface area contributed by atoms with E-state index in [1.807, 2.05) is 0 Å². The van der Waals surface area contributed by atoms with Crippen LogP contribution in [-0.4, -0.2) is 12.5 Å². The molecule has 0 atom stereocenters. The van der Waals surface area contributed by atoms with Crippen molar-refractivity contribution in [2.24, 2.45) is 0 Å². The molecule has 3 nitrogen and oxygen atoms in total. The fraction of sp³-hybridized carbons (Fsp3) is 0.133. The first-order valence-electron chi connectivity index (χ1n) is 6.22. The highest BCUT2D eigenvalue weighted by Crippen LogP contribution is 2.18. The van der Waals surface area contributed by atoms with Crippen LogP contribution in [0.25, 0.3) is 0 Å². The Kier molecular flexibility index (Phi) is 5.43. The number of ether oxygens (including phenoxy) is 1. The zero-order valence-corrected chi connectivity index (χ0v) is 12.7. The van der Waals surface area contributed by atoms with Crippen molar-refractivity contribution in [1.29, 1.82) is 0 Å². The Morgan fingerprint density at radius 2 is 1.86 bits per heavy atom. The third kappa shape index (κ3) is 4.49. The van der Waals surface area contributed by atoms with Gasteiger partial charge in [-0.1, -0.05) is 12.1 Å². The van der Waals surface area contributed by atoms with E-state index in [-0.39, 0.29) is 17.9 Å². The minimum absolute atomic E-state index is 0.0398. The number of nitrogens with one attached hydrogen (secondary N) is 1. The number of hydrogen-bond donors (Lipinski definition) is 1. The van der Waals surface area contributed by atoms with Gasteiger partial charge in [0.05, 0.1) is 5.56 Å². The normalized spacial score (nSPS) is 10.6. The van der Waals surface area contributed by atoms with Gasteiger partial charge in [0.15, 0.2) is 0 Å². The molecule has 0 heterocycles. The molecule has 2 rings (SSSR count). The van der Waals surface area contributed by atoms with Gasteiger partial charge in [-0.3, -0.25) is 4.79 Å². The number of carbonyl (C=O) groups excluding carboxylic acids is 1. The van der Waals surface area contributed by atoms with Gasteiger partial charge in [0, 0.05) is 11.0 Å². The second-order valence-electron chi connectivity index (χ2n) is 4.33. The van der Waals surface area contributed by atoms with Crippen molar-refractivity contribution in [2.75, 3.05) is 0 Å². The molecule has 0 bridgehead atoms. The maximum atomic E-state index is 13.1. The number of amides is 1. The summed E-state index contributed by atoms with van der Waals surface area (Å²) < 4.78 is 41.9. The van der Waals surface area contributed by atoms with Gasteiger partial charge in [0.2, 0.25) is 0 Å². The lowest BCUT2D eigenvalue weighted by atomic mass is 10.2. The van der Waals surface area contributed by atoms with Crippen LogP contribution in [0, 0.1) is 5.82 Å². The van der Waals surface area contributed by atoms with Crippen LogP contribution in [0.3, 0.4) is 0 Å². The molecule has 7 heteroatoms. The van der Waals surface area contributed by atoms with Gasteiger partial charge >= 0.3 is 6.61 Å². The average Bonchev–Trinajstić information content (AvgIpc) is 2.48. The number of benzene rings is 2. The molecule has 0 unspecified atom stereocenters. The number of halogens is 4. The third-order valence-electron chi connectivity index (χ3n) is 2.77. The molecule has 0 aliphatic heterocycles. The Bertz CT molecular complexity index is 662. The van der Waals surface area contributed by atoms with Gasteiger partial charge in [-0.2, -0.15) is 8.78 Å². The van der Waals surface area contributed by atoms with Crippen LogP contribution in [0.2, 0.25) is 0 Å². The molecule has 22 heavy (non-hydrogen) atoms. The molecule has 0 aliphatic rings. The Morgan fingerprint density at radius 3 is 2.50 bits per heavy atom. The Morgan fingerprint density at radius 1 is 1.18 bits per heavy atom. The molecular formula is C15H11BrF3NO2. The molecule has 1 N–H and O–H groups in total. The predicted molar refractivity (Wildman–Crippen MR) is 78.3 cm³/mol. The summed E-state index contributed by atoms with van der Waals surface area (Å²) in [6.07, 6.45) is 0. The van der Waals surface area contributed by atoms with Crippen molar-refractivity contribution >= 4 is 21.8 Å². The van der Waals surface area contributed by atoms with E-state index in [2.05, 4.69) is 26.0 Å². The molecule has 116 valence electrons. The van der Waals surface area contributed by atoms with Crippen LogP contribution in [-0.2, 0) is 6.54 Å². The summed E-state index contributed by atoms with van der Waals surface area (Å²) in [5.41, 5.74) is 0.875. The van der Waals surface area contributed by atoms with E-state index in [1.165, 1.54) is 24.3 Å². The zero-order chi connectivity index (χ0) is 16.1. The SMILES string of the molecule is O=C(NCc1ccc(OC(F)F)cc1)c1cc(F)ccc1Br. The van der Waals surface area contributed by atoms with Crippen molar-refractivity contribution < 1.29 is 22.7 Å². The van der Waals surface area contributed by atoms with Crippen molar-refractivity contribution in [1.82, 2.24) is 5.32 Å². The molecule has 0 saturated carbocycles. The van der Waals surface area contributed by atoms with E-state index >= 15 is 0 Å². The lowest BCUT2D eigenvalue weighted by molar-refractivity contribution is -0.0498. The predicted octanol–water partition coefficient (Wildman–Crippen LogP) is 4.12. The monoisotopic (exact) mass is 373 g/mol. The van der Waals surface area contributed by atoms with Crippen molar-refractivity contribution in [3.05, 3.63) is 63.9 Å². The van der Waals surface area contributed by atoms with Gasteiger partial charge in [-0.15, -0.1) is 0 Å². The fourth-order valence-electron chi connectivity index (χ4n) is 1.74. The summed E-state index contributed by atoms with van der Waals surface area (Å²) in [6, 6.07) is 9.68. The lowest BCUT2D eigenvalue weighted by Crippen LogP contribution is -2.23. The molecule has 0 radical (unpaired) electrons. The summed E-state index contributed by atoms with van der Waals surface area (Å²) in [5, 5.41) is 2.62. The first-order valence-corrected chi connectivity index (χ1v) is 7.02. The molecular weight excluding hydrogens is 363 g/mol. The number of rotatable bonds is 5. The van der Waals surface area contributed by atoms with Gasteiger partial charge in [-0.05, 0) is 51.8 Å². The summed E-state index contributed by atoms with van der Waals surface area (Å²) in [6.45, 7) is -2.70. The molecule has 0 fully saturated rings. The van der Waals surface area contributed by atoms with Gasteiger partial charge in [-0.25, -0.2) is 4.39 Å². The third-order valence-corrected chi connectivity index (χ3v) is 3.47. The summed E-state index contributed by atoms with van der Waals surface area (Å²) in [4.78, 5) is 12.0. The van der Waals surface area contributed by atoms with Crippen LogP contribution in [0.4, 0.5) is 13.2 Å². The van der Waals surface area contributed by atoms with Gasteiger partial charge in [0.1, 0.15) is 11.6 Å². The number of alkyl halides is 2. The lowest BCUT2D eigenvalue weighted by Gasteiger charge is -2.08. The molecule has 0 spiro atoms. The van der Waals surface area contributed by atoms with E-state index in [4.69, 9.17) is 0 Å². The maximum absolute atomic E-state index is 13.1. The largest absolute Gasteiger partial charge is 0.435 e. The smallest absolute Gasteiger partial charge is 0.387 e. The molecule has 0 saturated heterocycles.